The lowest BCUT2D eigenvalue weighted by Crippen LogP contribution is -2.47. The van der Waals surface area contributed by atoms with Crippen LogP contribution in [0.1, 0.15) is 0 Å². The molecule has 0 amide bonds. The number of nitrogens with one attached hydrogen (secondary N) is 1. The SMILES string of the molecule is CNCC1CS(=O)(=O)c2cccc(Br)c2N1C. The minimum Gasteiger partial charge on any atom is -0.367 e. The third-order valence-electron chi connectivity index (χ3n) is 3.04. The van der Waals surface area contributed by atoms with Gasteiger partial charge in [-0.3, -0.25) is 0 Å². The molecule has 0 saturated heterocycles. The van der Waals surface area contributed by atoms with E-state index in [0.29, 0.717) is 11.4 Å². The minimum absolute atomic E-state index is 0.0313. The molecule has 1 aliphatic heterocycles. The fourth-order valence-corrected chi connectivity index (χ4v) is 4.80. The van der Waals surface area contributed by atoms with E-state index < -0.39 is 9.84 Å². The summed E-state index contributed by atoms with van der Waals surface area (Å²) in [6.07, 6.45) is 0. The van der Waals surface area contributed by atoms with E-state index in [2.05, 4.69) is 21.2 Å². The lowest BCUT2D eigenvalue weighted by Gasteiger charge is -2.36. The Morgan fingerprint density at radius 1 is 1.53 bits per heavy atom. The molecule has 0 fully saturated rings. The van der Waals surface area contributed by atoms with Gasteiger partial charge in [0.1, 0.15) is 0 Å². The molecule has 1 aliphatic rings. The van der Waals surface area contributed by atoms with Gasteiger partial charge in [-0.05, 0) is 35.1 Å². The fraction of sp³-hybridized carbons (Fsp3) is 0.455. The first-order valence-electron chi connectivity index (χ1n) is 5.36. The molecule has 0 saturated carbocycles. The van der Waals surface area contributed by atoms with Crippen molar-refractivity contribution in [3.8, 4) is 0 Å². The van der Waals surface area contributed by atoms with E-state index >= 15 is 0 Å². The maximum atomic E-state index is 12.2. The number of likely N-dealkylation sites (N-methyl/N-ethyl adjacent to an activating group) is 2. The van der Waals surface area contributed by atoms with Crippen LogP contribution in [0.15, 0.2) is 27.6 Å². The maximum Gasteiger partial charge on any atom is 0.182 e. The van der Waals surface area contributed by atoms with Crippen LogP contribution in [0.4, 0.5) is 5.69 Å². The Morgan fingerprint density at radius 2 is 2.24 bits per heavy atom. The number of para-hydroxylation sites is 1. The van der Waals surface area contributed by atoms with Gasteiger partial charge in [-0.15, -0.1) is 0 Å². The van der Waals surface area contributed by atoms with Crippen molar-refractivity contribution in [2.24, 2.45) is 0 Å². The number of fused-ring (bicyclic) bond motifs is 1. The molecule has 2 rings (SSSR count). The number of hydrogen-bond acceptors (Lipinski definition) is 4. The zero-order valence-electron chi connectivity index (χ0n) is 9.77. The molecule has 0 aliphatic carbocycles. The van der Waals surface area contributed by atoms with Crippen LogP contribution in [0.5, 0.6) is 0 Å². The molecule has 1 heterocycles. The zero-order chi connectivity index (χ0) is 12.6. The molecule has 0 bridgehead atoms. The van der Waals surface area contributed by atoms with Crippen molar-refractivity contribution in [3.63, 3.8) is 0 Å². The van der Waals surface area contributed by atoms with Gasteiger partial charge < -0.3 is 10.2 Å². The average molecular weight is 319 g/mol. The number of anilines is 1. The highest BCUT2D eigenvalue weighted by molar-refractivity contribution is 9.10. The van der Waals surface area contributed by atoms with Crippen molar-refractivity contribution >= 4 is 31.5 Å². The third kappa shape index (κ3) is 2.21. The van der Waals surface area contributed by atoms with E-state index in [1.807, 2.05) is 25.1 Å². The summed E-state index contributed by atoms with van der Waals surface area (Å²) >= 11 is 3.43. The summed E-state index contributed by atoms with van der Waals surface area (Å²) < 4.78 is 25.2. The Hall–Kier alpha value is -0.590. The summed E-state index contributed by atoms with van der Waals surface area (Å²) in [6.45, 7) is 0.649. The van der Waals surface area contributed by atoms with Crippen LogP contribution in [-0.4, -0.2) is 40.9 Å². The highest BCUT2D eigenvalue weighted by Crippen LogP contribution is 2.37. The molecule has 1 unspecified atom stereocenters. The standard InChI is InChI=1S/C11H15BrN2O2S/c1-13-6-8-7-17(15,16)10-5-3-4-9(12)11(10)14(8)2/h3-5,8,13H,6-7H2,1-2H3. The first kappa shape index (κ1) is 12.9. The molecule has 0 aromatic heterocycles. The van der Waals surface area contributed by atoms with Crippen molar-refractivity contribution in [1.82, 2.24) is 5.32 Å². The Labute approximate surface area is 110 Å². The second-order valence-corrected chi connectivity index (χ2v) is 7.05. The van der Waals surface area contributed by atoms with Crippen molar-refractivity contribution in [1.29, 1.82) is 0 Å². The second kappa shape index (κ2) is 4.59. The Bertz CT molecular complexity index is 530. The topological polar surface area (TPSA) is 49.4 Å². The van der Waals surface area contributed by atoms with E-state index in [9.17, 15) is 8.42 Å². The van der Waals surface area contributed by atoms with Crippen LogP contribution in [0.2, 0.25) is 0 Å². The molecule has 1 atom stereocenters. The fourth-order valence-electron chi connectivity index (χ4n) is 2.16. The quantitative estimate of drug-likeness (QED) is 0.892. The van der Waals surface area contributed by atoms with Crippen molar-refractivity contribution in [2.75, 3.05) is 31.3 Å². The van der Waals surface area contributed by atoms with E-state index in [4.69, 9.17) is 0 Å². The Balaban J connectivity index is 2.58. The Morgan fingerprint density at radius 3 is 2.88 bits per heavy atom. The molecular weight excluding hydrogens is 304 g/mol. The molecule has 1 N–H and O–H groups in total. The van der Waals surface area contributed by atoms with Crippen LogP contribution in [0.25, 0.3) is 0 Å². The van der Waals surface area contributed by atoms with Crippen molar-refractivity contribution in [3.05, 3.63) is 22.7 Å². The zero-order valence-corrected chi connectivity index (χ0v) is 12.2. The maximum absolute atomic E-state index is 12.2. The molecule has 4 nitrogen and oxygen atoms in total. The summed E-state index contributed by atoms with van der Waals surface area (Å²) in [7, 11) is 0.580. The van der Waals surface area contributed by atoms with Gasteiger partial charge in [0.05, 0.1) is 22.4 Å². The predicted molar refractivity (Wildman–Crippen MR) is 72.3 cm³/mol. The highest BCUT2D eigenvalue weighted by atomic mass is 79.9. The smallest absolute Gasteiger partial charge is 0.182 e. The van der Waals surface area contributed by atoms with E-state index in [1.165, 1.54) is 0 Å². The summed E-state index contributed by atoms with van der Waals surface area (Å²) in [5.74, 6) is 0.161. The number of rotatable bonds is 2. The van der Waals surface area contributed by atoms with Gasteiger partial charge in [-0.2, -0.15) is 0 Å². The van der Waals surface area contributed by atoms with E-state index in [-0.39, 0.29) is 11.8 Å². The van der Waals surface area contributed by atoms with Gasteiger partial charge in [0.2, 0.25) is 0 Å². The summed E-state index contributed by atoms with van der Waals surface area (Å²) in [5, 5.41) is 3.03. The van der Waals surface area contributed by atoms with Gasteiger partial charge in [-0.1, -0.05) is 6.07 Å². The number of hydrogen-bond donors (Lipinski definition) is 1. The molecule has 17 heavy (non-hydrogen) atoms. The van der Waals surface area contributed by atoms with Gasteiger partial charge in [-0.25, -0.2) is 8.42 Å². The van der Waals surface area contributed by atoms with Gasteiger partial charge in [0.15, 0.2) is 9.84 Å². The highest BCUT2D eigenvalue weighted by Gasteiger charge is 2.34. The van der Waals surface area contributed by atoms with Crippen molar-refractivity contribution < 1.29 is 8.42 Å². The lowest BCUT2D eigenvalue weighted by molar-refractivity contribution is 0.560. The number of nitrogens with zero attached hydrogens (tertiary/aromatic N) is 1. The largest absolute Gasteiger partial charge is 0.367 e. The van der Waals surface area contributed by atoms with Crippen LogP contribution in [0, 0.1) is 0 Å². The first-order chi connectivity index (χ1) is 7.97. The van der Waals surface area contributed by atoms with Crippen LogP contribution >= 0.6 is 15.9 Å². The summed E-state index contributed by atoms with van der Waals surface area (Å²) in [4.78, 5) is 2.44. The number of halogens is 1. The predicted octanol–water partition coefficient (Wildman–Crippen LogP) is 1.26. The second-order valence-electron chi connectivity index (χ2n) is 4.19. The van der Waals surface area contributed by atoms with Gasteiger partial charge >= 0.3 is 0 Å². The van der Waals surface area contributed by atoms with Gasteiger partial charge in [0, 0.05) is 18.1 Å². The molecule has 1 aromatic carbocycles. The normalized spacial score (nSPS) is 22.3. The average Bonchev–Trinajstić information content (AvgIpc) is 2.25. The van der Waals surface area contributed by atoms with Crippen LogP contribution < -0.4 is 10.2 Å². The van der Waals surface area contributed by atoms with Crippen LogP contribution in [-0.2, 0) is 9.84 Å². The number of benzene rings is 1. The van der Waals surface area contributed by atoms with E-state index in [1.54, 1.807) is 12.1 Å². The van der Waals surface area contributed by atoms with Crippen LogP contribution in [0.3, 0.4) is 0 Å². The summed E-state index contributed by atoms with van der Waals surface area (Å²) in [5.41, 5.74) is 0.763. The van der Waals surface area contributed by atoms with E-state index in [0.717, 1.165) is 10.2 Å². The minimum atomic E-state index is -3.18. The third-order valence-corrected chi connectivity index (χ3v) is 5.50. The molecule has 0 radical (unpaired) electrons. The number of sulfone groups is 1. The molecule has 94 valence electrons. The molecule has 0 spiro atoms. The lowest BCUT2D eigenvalue weighted by atomic mass is 10.2. The first-order valence-corrected chi connectivity index (χ1v) is 7.80. The monoisotopic (exact) mass is 318 g/mol. The molecule has 6 heteroatoms. The Kier molecular flexibility index (Phi) is 3.47. The molecule has 1 aromatic rings. The molecular formula is C11H15BrN2O2S. The van der Waals surface area contributed by atoms with Gasteiger partial charge in [0.25, 0.3) is 0 Å². The van der Waals surface area contributed by atoms with Crippen molar-refractivity contribution in [2.45, 2.75) is 10.9 Å². The summed E-state index contributed by atoms with van der Waals surface area (Å²) in [6, 6.07) is 5.26.